The van der Waals surface area contributed by atoms with Crippen LogP contribution in [0.1, 0.15) is 24.2 Å². The van der Waals surface area contributed by atoms with Crippen LogP contribution in [0.3, 0.4) is 0 Å². The lowest BCUT2D eigenvalue weighted by Crippen LogP contribution is -2.48. The normalized spacial score (nSPS) is 11.8. The lowest BCUT2D eigenvalue weighted by Gasteiger charge is -2.32. The molecule has 0 saturated heterocycles. The summed E-state index contributed by atoms with van der Waals surface area (Å²) in [6.45, 7) is 4.58. The van der Waals surface area contributed by atoms with E-state index in [1.54, 1.807) is 18.3 Å². The molecule has 0 fully saturated rings. The number of rotatable bonds is 4. The molecule has 2 heterocycles. The average molecular weight is 406 g/mol. The van der Waals surface area contributed by atoms with Crippen LogP contribution in [0.4, 0.5) is 0 Å². The number of amides is 1. The lowest BCUT2D eigenvalue weighted by molar-refractivity contribution is 0.0921. The Labute approximate surface area is 174 Å². The van der Waals surface area contributed by atoms with Crippen LogP contribution >= 0.6 is 0 Å². The minimum absolute atomic E-state index is 0. The number of pyridine rings is 1. The van der Waals surface area contributed by atoms with Crippen molar-refractivity contribution >= 4 is 33.2 Å². The van der Waals surface area contributed by atoms with Crippen LogP contribution in [-0.2, 0) is 0 Å². The highest BCUT2D eigenvalue weighted by Crippen LogP contribution is 2.21. The first-order valence-corrected chi connectivity index (χ1v) is 9.57. The van der Waals surface area contributed by atoms with E-state index < -0.39 is 0 Å². The molecule has 7 nitrogen and oxygen atoms in total. The highest BCUT2D eigenvalue weighted by molar-refractivity contribution is 6.02. The molecule has 4 N–H and O–H groups in total. The number of hydrogen-bond acceptors (Lipinski definition) is 5. The first kappa shape index (κ1) is 21.4. The van der Waals surface area contributed by atoms with Crippen molar-refractivity contribution in [2.24, 2.45) is 0 Å². The van der Waals surface area contributed by atoms with Gasteiger partial charge < -0.3 is 16.4 Å². The third kappa shape index (κ3) is 3.65. The zero-order valence-corrected chi connectivity index (χ0v) is 17.8. The van der Waals surface area contributed by atoms with E-state index in [4.69, 9.17) is 0 Å². The molecule has 0 aliphatic heterocycles. The molecule has 0 aliphatic carbocycles. The fraction of sp³-hybridized carbons (Fsp3) is 0.261. The van der Waals surface area contributed by atoms with Crippen molar-refractivity contribution in [3.05, 3.63) is 70.6 Å². The minimum atomic E-state index is -0.245. The summed E-state index contributed by atoms with van der Waals surface area (Å²) in [5.74, 6) is -0.245. The molecule has 0 aliphatic rings. The number of benzene rings is 2. The molecule has 0 saturated carbocycles. The van der Waals surface area contributed by atoms with E-state index in [-0.39, 0.29) is 23.2 Å². The fourth-order valence-electron chi connectivity index (χ4n) is 3.24. The Kier molecular flexibility index (Phi) is 5.61. The van der Waals surface area contributed by atoms with Gasteiger partial charge >= 0.3 is 0 Å². The number of nitrogens with zero attached hydrogens (tertiary/aromatic N) is 3. The smallest absolute Gasteiger partial charge is 0.265 e. The Morgan fingerprint density at radius 1 is 1.10 bits per heavy atom. The van der Waals surface area contributed by atoms with Gasteiger partial charge in [-0.25, -0.2) is 4.98 Å². The summed E-state index contributed by atoms with van der Waals surface area (Å²) < 4.78 is 1.45. The Morgan fingerprint density at radius 3 is 2.43 bits per heavy atom. The van der Waals surface area contributed by atoms with E-state index >= 15 is 0 Å². The molecular weight excluding hydrogens is 378 g/mol. The van der Waals surface area contributed by atoms with Crippen molar-refractivity contribution in [3.8, 4) is 0 Å². The summed E-state index contributed by atoms with van der Waals surface area (Å²) in [6.07, 6.45) is 1.65. The van der Waals surface area contributed by atoms with Crippen molar-refractivity contribution in [3.63, 3.8) is 0 Å². The Balaban J connectivity index is 0.00000256. The van der Waals surface area contributed by atoms with Crippen molar-refractivity contribution in [2.45, 2.75) is 19.4 Å². The van der Waals surface area contributed by atoms with Gasteiger partial charge in [0.05, 0.1) is 16.5 Å². The third-order valence-electron chi connectivity index (χ3n) is 5.64. The molecule has 156 valence electrons. The molecule has 0 unspecified atom stereocenters. The summed E-state index contributed by atoms with van der Waals surface area (Å²) >= 11 is 0. The Hall–Kier alpha value is -3.29. The van der Waals surface area contributed by atoms with Gasteiger partial charge in [-0.3, -0.25) is 14.0 Å². The molecule has 0 spiro atoms. The topological polar surface area (TPSA) is 102 Å². The third-order valence-corrected chi connectivity index (χ3v) is 5.64. The Bertz CT molecular complexity index is 1310. The van der Waals surface area contributed by atoms with Gasteiger partial charge in [-0.1, -0.05) is 24.3 Å². The van der Waals surface area contributed by atoms with E-state index in [0.717, 1.165) is 10.8 Å². The SMILES string of the molecule is CN(C)C(C)(C)CNC(=O)c1cccn2c(=O)c3cc4ccccc4cc3nc12.N. The largest absolute Gasteiger partial charge is 0.350 e. The highest BCUT2D eigenvalue weighted by Gasteiger charge is 2.22. The maximum atomic E-state index is 13.1. The lowest BCUT2D eigenvalue weighted by atomic mass is 10.0. The molecule has 0 radical (unpaired) electrons. The molecule has 4 aromatic rings. The van der Waals surface area contributed by atoms with Gasteiger partial charge in [0.25, 0.3) is 11.5 Å². The molecule has 7 heteroatoms. The fourth-order valence-corrected chi connectivity index (χ4v) is 3.24. The number of carbonyl (C=O) groups excluding carboxylic acids is 1. The number of carbonyl (C=O) groups is 1. The van der Waals surface area contributed by atoms with Gasteiger partial charge in [-0.15, -0.1) is 0 Å². The second-order valence-corrected chi connectivity index (χ2v) is 8.14. The molecule has 0 bridgehead atoms. The van der Waals surface area contributed by atoms with Crippen LogP contribution in [0.15, 0.2) is 59.5 Å². The van der Waals surface area contributed by atoms with Crippen LogP contribution in [0, 0.1) is 0 Å². The zero-order valence-electron chi connectivity index (χ0n) is 17.8. The van der Waals surface area contributed by atoms with E-state index in [2.05, 4.69) is 29.0 Å². The van der Waals surface area contributed by atoms with Crippen molar-refractivity contribution in [1.29, 1.82) is 0 Å². The molecule has 0 atom stereocenters. The van der Waals surface area contributed by atoms with Crippen LogP contribution < -0.4 is 17.0 Å². The average Bonchev–Trinajstić information content (AvgIpc) is 2.70. The maximum absolute atomic E-state index is 13.1. The zero-order chi connectivity index (χ0) is 20.8. The number of fused-ring (bicyclic) bond motifs is 3. The number of aromatic nitrogens is 2. The van der Waals surface area contributed by atoms with E-state index in [9.17, 15) is 9.59 Å². The summed E-state index contributed by atoms with van der Waals surface area (Å²) in [5, 5.41) is 5.50. The monoisotopic (exact) mass is 405 g/mol. The molecule has 2 aromatic heterocycles. The summed E-state index contributed by atoms with van der Waals surface area (Å²) in [4.78, 5) is 32.7. The highest BCUT2D eigenvalue weighted by atomic mass is 16.2. The molecule has 30 heavy (non-hydrogen) atoms. The van der Waals surface area contributed by atoms with Crippen LogP contribution in [0.25, 0.3) is 27.3 Å². The number of nitrogens with one attached hydrogen (secondary N) is 1. The minimum Gasteiger partial charge on any atom is -0.350 e. The number of likely N-dealkylation sites (N-methyl/N-ethyl adjacent to an activating group) is 1. The van der Waals surface area contributed by atoms with Gasteiger partial charge in [0, 0.05) is 18.3 Å². The van der Waals surface area contributed by atoms with Crippen LogP contribution in [0.5, 0.6) is 0 Å². The first-order chi connectivity index (χ1) is 13.8. The van der Waals surface area contributed by atoms with Gasteiger partial charge in [-0.05, 0) is 63.0 Å². The second-order valence-electron chi connectivity index (χ2n) is 8.14. The van der Waals surface area contributed by atoms with Crippen molar-refractivity contribution < 1.29 is 4.79 Å². The van der Waals surface area contributed by atoms with Crippen molar-refractivity contribution in [1.82, 2.24) is 25.8 Å². The summed E-state index contributed by atoms with van der Waals surface area (Å²) in [6, 6.07) is 15.0. The number of hydrogen-bond donors (Lipinski definition) is 2. The van der Waals surface area contributed by atoms with Crippen LogP contribution in [-0.4, -0.2) is 46.4 Å². The van der Waals surface area contributed by atoms with E-state index in [1.807, 2.05) is 50.5 Å². The predicted molar refractivity (Wildman–Crippen MR) is 122 cm³/mol. The molecule has 2 aromatic carbocycles. The standard InChI is InChI=1S/C23H24N4O2.H3N/c1-23(2,26(3)4)14-24-21(28)17-10-7-11-27-20(17)25-19-13-16-9-6-5-8-15(16)12-18(19)22(27)29;/h5-13H,14H2,1-4H3,(H,24,28);1H3. The molecular formula is C23H27N5O2. The molecule has 4 rings (SSSR count). The van der Waals surface area contributed by atoms with E-state index in [0.29, 0.717) is 28.7 Å². The van der Waals surface area contributed by atoms with Gasteiger partial charge in [0.1, 0.15) is 0 Å². The summed E-state index contributed by atoms with van der Waals surface area (Å²) in [5.41, 5.74) is 0.951. The summed E-state index contributed by atoms with van der Waals surface area (Å²) in [7, 11) is 3.95. The maximum Gasteiger partial charge on any atom is 0.265 e. The Morgan fingerprint density at radius 2 is 1.77 bits per heavy atom. The quantitative estimate of drug-likeness (QED) is 0.508. The van der Waals surface area contributed by atoms with Gasteiger partial charge in [-0.2, -0.15) is 0 Å². The van der Waals surface area contributed by atoms with Crippen LogP contribution in [0.2, 0.25) is 0 Å². The second kappa shape index (κ2) is 7.85. The van der Waals surface area contributed by atoms with Gasteiger partial charge in [0.2, 0.25) is 0 Å². The molecule has 1 amide bonds. The van der Waals surface area contributed by atoms with Crippen molar-refractivity contribution in [2.75, 3.05) is 20.6 Å². The first-order valence-electron chi connectivity index (χ1n) is 9.57. The van der Waals surface area contributed by atoms with E-state index in [1.165, 1.54) is 4.40 Å². The van der Waals surface area contributed by atoms with Gasteiger partial charge in [0.15, 0.2) is 5.65 Å². The predicted octanol–water partition coefficient (Wildman–Crippen LogP) is 3.23.